The van der Waals surface area contributed by atoms with Crippen LogP contribution in [0.15, 0.2) is 18.2 Å². The van der Waals surface area contributed by atoms with Crippen LogP contribution < -0.4 is 5.32 Å². The molecule has 1 atom stereocenters. The van der Waals surface area contributed by atoms with Gasteiger partial charge in [0.25, 0.3) is 0 Å². The molecule has 0 radical (unpaired) electrons. The second kappa shape index (κ2) is 8.09. The fraction of sp³-hybridized carbons (Fsp3) is 0.667. The van der Waals surface area contributed by atoms with Crippen molar-refractivity contribution < 1.29 is 0 Å². The molecule has 0 saturated heterocycles. The van der Waals surface area contributed by atoms with Crippen LogP contribution in [-0.4, -0.2) is 23.6 Å². The van der Waals surface area contributed by atoms with Gasteiger partial charge in [-0.25, -0.2) is 0 Å². The molecule has 1 N–H and O–H groups in total. The molecule has 1 nitrogen and oxygen atoms in total. The fourth-order valence-corrected chi connectivity index (χ4v) is 4.61. The summed E-state index contributed by atoms with van der Waals surface area (Å²) in [6, 6.07) is 7.28. The Kier molecular flexibility index (Phi) is 6.44. The molecule has 0 bridgehead atoms. The quantitative estimate of drug-likeness (QED) is 0.794. The molecule has 2 heteroatoms. The third-order valence-corrected chi connectivity index (χ3v) is 5.96. The summed E-state index contributed by atoms with van der Waals surface area (Å²) in [5.74, 6) is 1.26. The van der Waals surface area contributed by atoms with Gasteiger partial charge in [-0.1, -0.05) is 38.0 Å². The number of thioether (sulfide) groups is 1. The molecule has 1 aromatic carbocycles. The Morgan fingerprint density at radius 3 is 2.45 bits per heavy atom. The summed E-state index contributed by atoms with van der Waals surface area (Å²) in [5.41, 5.74) is 4.43. The summed E-state index contributed by atoms with van der Waals surface area (Å²) in [7, 11) is 0. The Morgan fingerprint density at radius 1 is 1.20 bits per heavy atom. The molecule has 1 aliphatic carbocycles. The van der Waals surface area contributed by atoms with E-state index in [1.165, 1.54) is 49.0 Å². The average molecular weight is 292 g/mol. The monoisotopic (exact) mass is 291 g/mol. The van der Waals surface area contributed by atoms with Crippen molar-refractivity contribution in [2.75, 3.05) is 12.3 Å². The highest BCUT2D eigenvalue weighted by atomic mass is 32.2. The molecule has 0 amide bonds. The van der Waals surface area contributed by atoms with Crippen molar-refractivity contribution in [3.8, 4) is 0 Å². The Hall–Kier alpha value is -0.470. The van der Waals surface area contributed by atoms with Gasteiger partial charge in [-0.2, -0.15) is 11.8 Å². The minimum atomic E-state index is 0.616. The van der Waals surface area contributed by atoms with E-state index < -0.39 is 0 Å². The van der Waals surface area contributed by atoms with E-state index in [0.717, 1.165) is 11.8 Å². The highest BCUT2D eigenvalue weighted by Gasteiger charge is 2.18. The predicted octanol–water partition coefficient (Wildman–Crippen LogP) is 4.50. The van der Waals surface area contributed by atoms with Crippen LogP contribution in [-0.2, 0) is 6.42 Å². The Bertz CT molecular complexity index is 390. The lowest BCUT2D eigenvalue weighted by molar-refractivity contribution is 0.569. The van der Waals surface area contributed by atoms with Crippen LogP contribution >= 0.6 is 11.8 Å². The molecule has 1 aliphatic rings. The van der Waals surface area contributed by atoms with E-state index in [4.69, 9.17) is 0 Å². The first-order valence-electron chi connectivity index (χ1n) is 8.10. The molecular weight excluding hydrogens is 262 g/mol. The smallest absolute Gasteiger partial charge is 0.0198 e. The lowest BCUT2D eigenvalue weighted by Gasteiger charge is -2.21. The molecule has 0 heterocycles. The standard InChI is InChI=1S/C18H29NS/c1-4-19-16(13-20-17-10-5-6-11-17)12-18-14(2)8-7-9-15(18)3/h7-9,16-17,19H,4-6,10-13H2,1-3H3. The van der Waals surface area contributed by atoms with E-state index in [9.17, 15) is 0 Å². The largest absolute Gasteiger partial charge is 0.313 e. The topological polar surface area (TPSA) is 12.0 Å². The maximum atomic E-state index is 3.69. The lowest BCUT2D eigenvalue weighted by Crippen LogP contribution is -2.34. The number of benzene rings is 1. The second-order valence-corrected chi connectivity index (χ2v) is 7.40. The van der Waals surface area contributed by atoms with Gasteiger partial charge in [0.15, 0.2) is 0 Å². The molecule has 112 valence electrons. The first-order chi connectivity index (χ1) is 9.70. The number of rotatable bonds is 7. The second-order valence-electron chi connectivity index (χ2n) is 6.07. The van der Waals surface area contributed by atoms with Gasteiger partial charge < -0.3 is 5.32 Å². The fourth-order valence-electron chi connectivity index (χ4n) is 3.20. The SMILES string of the molecule is CCNC(CSC1CCCC1)Cc1c(C)cccc1C. The van der Waals surface area contributed by atoms with Crippen molar-refractivity contribution in [1.82, 2.24) is 5.32 Å². The normalized spacial score (nSPS) is 17.6. The molecule has 0 aliphatic heterocycles. The van der Waals surface area contributed by atoms with Gasteiger partial charge >= 0.3 is 0 Å². The number of hydrogen-bond acceptors (Lipinski definition) is 2. The molecule has 0 spiro atoms. The Balaban J connectivity index is 1.93. The maximum absolute atomic E-state index is 3.69. The van der Waals surface area contributed by atoms with Gasteiger partial charge in [0, 0.05) is 17.0 Å². The summed E-state index contributed by atoms with van der Waals surface area (Å²) < 4.78 is 0. The first kappa shape index (κ1) is 15.9. The Labute approximate surface area is 128 Å². The molecule has 1 aromatic rings. The van der Waals surface area contributed by atoms with Crippen LogP contribution in [0.1, 0.15) is 49.3 Å². The van der Waals surface area contributed by atoms with Gasteiger partial charge in [-0.15, -0.1) is 0 Å². The van der Waals surface area contributed by atoms with Gasteiger partial charge in [-0.3, -0.25) is 0 Å². The van der Waals surface area contributed by atoms with Crippen LogP contribution in [0.25, 0.3) is 0 Å². The predicted molar refractivity (Wildman–Crippen MR) is 91.8 cm³/mol. The van der Waals surface area contributed by atoms with Crippen LogP contribution in [0.2, 0.25) is 0 Å². The zero-order valence-electron chi connectivity index (χ0n) is 13.2. The highest BCUT2D eigenvalue weighted by Crippen LogP contribution is 2.30. The van der Waals surface area contributed by atoms with Crippen molar-refractivity contribution in [2.24, 2.45) is 0 Å². The Morgan fingerprint density at radius 2 is 1.85 bits per heavy atom. The first-order valence-corrected chi connectivity index (χ1v) is 9.15. The molecule has 0 aromatic heterocycles. The van der Waals surface area contributed by atoms with E-state index in [-0.39, 0.29) is 0 Å². The van der Waals surface area contributed by atoms with Gasteiger partial charge in [0.05, 0.1) is 0 Å². The molecule has 2 rings (SSSR count). The van der Waals surface area contributed by atoms with Crippen LogP contribution in [0, 0.1) is 13.8 Å². The van der Waals surface area contributed by atoms with Crippen LogP contribution in [0.3, 0.4) is 0 Å². The molecule has 20 heavy (non-hydrogen) atoms. The zero-order valence-corrected chi connectivity index (χ0v) is 14.1. The summed E-state index contributed by atoms with van der Waals surface area (Å²) in [4.78, 5) is 0. The molecular formula is C18H29NS. The average Bonchev–Trinajstić information content (AvgIpc) is 2.93. The lowest BCUT2D eigenvalue weighted by atomic mass is 9.97. The summed E-state index contributed by atoms with van der Waals surface area (Å²) in [6.45, 7) is 7.78. The highest BCUT2D eigenvalue weighted by molar-refractivity contribution is 7.99. The van der Waals surface area contributed by atoms with Crippen LogP contribution in [0.5, 0.6) is 0 Å². The van der Waals surface area contributed by atoms with Crippen molar-refractivity contribution in [1.29, 1.82) is 0 Å². The number of hydrogen-bond donors (Lipinski definition) is 1. The zero-order chi connectivity index (χ0) is 14.4. The van der Waals surface area contributed by atoms with Gasteiger partial charge in [0.2, 0.25) is 0 Å². The van der Waals surface area contributed by atoms with Gasteiger partial charge in [0.1, 0.15) is 0 Å². The van der Waals surface area contributed by atoms with Crippen molar-refractivity contribution in [2.45, 2.75) is 64.2 Å². The number of nitrogens with one attached hydrogen (secondary N) is 1. The maximum Gasteiger partial charge on any atom is 0.0198 e. The van der Waals surface area contributed by atoms with Crippen molar-refractivity contribution in [3.63, 3.8) is 0 Å². The molecule has 1 unspecified atom stereocenters. The summed E-state index contributed by atoms with van der Waals surface area (Å²) in [5, 5.41) is 4.61. The van der Waals surface area contributed by atoms with E-state index in [1.54, 1.807) is 5.56 Å². The molecule has 1 saturated carbocycles. The van der Waals surface area contributed by atoms with Crippen molar-refractivity contribution >= 4 is 11.8 Å². The minimum absolute atomic E-state index is 0.616. The van der Waals surface area contributed by atoms with E-state index in [1.807, 2.05) is 0 Å². The number of aryl methyl sites for hydroxylation is 2. The van der Waals surface area contributed by atoms with E-state index in [0.29, 0.717) is 6.04 Å². The molecule has 1 fully saturated rings. The third-order valence-electron chi connectivity index (χ3n) is 4.42. The van der Waals surface area contributed by atoms with E-state index >= 15 is 0 Å². The third kappa shape index (κ3) is 4.53. The van der Waals surface area contributed by atoms with E-state index in [2.05, 4.69) is 56.0 Å². The van der Waals surface area contributed by atoms with Crippen LogP contribution in [0.4, 0.5) is 0 Å². The minimum Gasteiger partial charge on any atom is -0.313 e. The van der Waals surface area contributed by atoms with Crippen molar-refractivity contribution in [3.05, 3.63) is 34.9 Å². The van der Waals surface area contributed by atoms with Gasteiger partial charge in [-0.05, 0) is 56.3 Å². The number of likely N-dealkylation sites (N-methyl/N-ethyl adjacent to an activating group) is 1. The summed E-state index contributed by atoms with van der Waals surface area (Å²) >= 11 is 2.20. The summed E-state index contributed by atoms with van der Waals surface area (Å²) in [6.07, 6.45) is 6.94.